The molecule has 0 aromatic heterocycles. The molecule has 0 radical (unpaired) electrons. The predicted molar refractivity (Wildman–Crippen MR) is 75.1 cm³/mol. The third kappa shape index (κ3) is 3.68. The first-order valence-electron chi connectivity index (χ1n) is 6.12. The Morgan fingerprint density at radius 1 is 1.32 bits per heavy atom. The summed E-state index contributed by atoms with van der Waals surface area (Å²) < 4.78 is 0. The summed E-state index contributed by atoms with van der Waals surface area (Å²) in [5.74, 6) is -1.06. The smallest absolute Gasteiger partial charge is 0.328 e. The van der Waals surface area contributed by atoms with Gasteiger partial charge in [-0.3, -0.25) is 4.79 Å². The Hall–Kier alpha value is -2.10. The molecule has 19 heavy (non-hydrogen) atoms. The maximum atomic E-state index is 12.3. The van der Waals surface area contributed by atoms with E-state index in [0.717, 1.165) is 17.2 Å². The maximum Gasteiger partial charge on any atom is 0.328 e. The van der Waals surface area contributed by atoms with Crippen LogP contribution in [-0.2, 0) is 4.79 Å². The fourth-order valence-corrected chi connectivity index (χ4v) is 1.65. The molecule has 0 fully saturated rings. The summed E-state index contributed by atoms with van der Waals surface area (Å²) in [6.07, 6.45) is 2.58. The van der Waals surface area contributed by atoms with E-state index in [2.05, 4.69) is 0 Å². The van der Waals surface area contributed by atoms with Crippen molar-refractivity contribution in [2.75, 3.05) is 7.05 Å². The zero-order chi connectivity index (χ0) is 14.6. The van der Waals surface area contributed by atoms with Gasteiger partial charge in [0.1, 0.15) is 0 Å². The van der Waals surface area contributed by atoms with Gasteiger partial charge in [0, 0.05) is 24.7 Å². The van der Waals surface area contributed by atoms with E-state index in [4.69, 9.17) is 5.11 Å². The lowest BCUT2D eigenvalue weighted by Crippen LogP contribution is -2.33. The molecule has 0 aliphatic carbocycles. The van der Waals surface area contributed by atoms with Crippen molar-refractivity contribution in [2.45, 2.75) is 26.8 Å². The number of nitrogens with zero attached hydrogens (tertiary/aromatic N) is 1. The topological polar surface area (TPSA) is 57.6 Å². The number of carboxylic acid groups (broad SMARTS) is 1. The van der Waals surface area contributed by atoms with Crippen LogP contribution in [0, 0.1) is 6.92 Å². The molecule has 1 amide bonds. The summed E-state index contributed by atoms with van der Waals surface area (Å²) in [4.78, 5) is 24.5. The van der Waals surface area contributed by atoms with Gasteiger partial charge in [0.15, 0.2) is 0 Å². The molecule has 4 heteroatoms. The zero-order valence-electron chi connectivity index (χ0n) is 11.7. The molecule has 1 aromatic carbocycles. The third-order valence-electron chi connectivity index (χ3n) is 3.11. The Morgan fingerprint density at radius 3 is 2.47 bits per heavy atom. The van der Waals surface area contributed by atoms with Crippen LogP contribution in [0.5, 0.6) is 0 Å². The van der Waals surface area contributed by atoms with Gasteiger partial charge in [-0.25, -0.2) is 4.79 Å². The number of benzene rings is 1. The molecular weight excluding hydrogens is 242 g/mol. The van der Waals surface area contributed by atoms with Crippen LogP contribution >= 0.6 is 0 Å². The quantitative estimate of drug-likeness (QED) is 0.847. The van der Waals surface area contributed by atoms with E-state index in [1.165, 1.54) is 6.08 Å². The molecule has 0 unspecified atom stereocenters. The number of carbonyl (C=O) groups excluding carboxylic acids is 1. The van der Waals surface area contributed by atoms with Crippen LogP contribution in [0.3, 0.4) is 0 Å². The van der Waals surface area contributed by atoms with Gasteiger partial charge in [-0.15, -0.1) is 0 Å². The SMILES string of the molecule is Cc1c(C=CC(=O)O)cccc1C(=O)N(C)C(C)C. The van der Waals surface area contributed by atoms with E-state index in [-0.39, 0.29) is 11.9 Å². The summed E-state index contributed by atoms with van der Waals surface area (Å²) in [6.45, 7) is 5.71. The van der Waals surface area contributed by atoms with Crippen molar-refractivity contribution in [3.63, 3.8) is 0 Å². The Labute approximate surface area is 113 Å². The van der Waals surface area contributed by atoms with E-state index in [9.17, 15) is 9.59 Å². The highest BCUT2D eigenvalue weighted by Crippen LogP contribution is 2.17. The number of amides is 1. The lowest BCUT2D eigenvalue weighted by Gasteiger charge is -2.22. The monoisotopic (exact) mass is 261 g/mol. The van der Waals surface area contributed by atoms with Gasteiger partial charge >= 0.3 is 5.97 Å². The number of hydrogen-bond acceptors (Lipinski definition) is 2. The standard InChI is InChI=1S/C15H19NO3/c1-10(2)16(4)15(19)13-7-5-6-12(11(13)3)8-9-14(17)18/h5-10H,1-4H3,(H,17,18). The average Bonchev–Trinajstić information content (AvgIpc) is 2.35. The lowest BCUT2D eigenvalue weighted by molar-refractivity contribution is -0.131. The number of rotatable bonds is 4. The van der Waals surface area contributed by atoms with Crippen molar-refractivity contribution in [1.82, 2.24) is 4.90 Å². The number of carbonyl (C=O) groups is 2. The lowest BCUT2D eigenvalue weighted by atomic mass is 10.0. The Morgan fingerprint density at radius 2 is 1.95 bits per heavy atom. The molecule has 0 bridgehead atoms. The Bertz CT molecular complexity index is 518. The van der Waals surface area contributed by atoms with E-state index < -0.39 is 5.97 Å². The van der Waals surface area contributed by atoms with Crippen LogP contribution in [0.1, 0.15) is 35.3 Å². The normalized spacial score (nSPS) is 11.0. The highest BCUT2D eigenvalue weighted by Gasteiger charge is 2.17. The molecule has 4 nitrogen and oxygen atoms in total. The Balaban J connectivity index is 3.14. The van der Waals surface area contributed by atoms with Gasteiger partial charge in [-0.05, 0) is 44.0 Å². The van der Waals surface area contributed by atoms with Crippen LogP contribution in [0.4, 0.5) is 0 Å². The van der Waals surface area contributed by atoms with Crippen LogP contribution in [-0.4, -0.2) is 35.0 Å². The van der Waals surface area contributed by atoms with Gasteiger partial charge in [-0.1, -0.05) is 12.1 Å². The molecule has 0 atom stereocenters. The average molecular weight is 261 g/mol. The van der Waals surface area contributed by atoms with E-state index in [0.29, 0.717) is 5.56 Å². The molecule has 1 aromatic rings. The van der Waals surface area contributed by atoms with Gasteiger partial charge < -0.3 is 10.0 Å². The maximum absolute atomic E-state index is 12.3. The van der Waals surface area contributed by atoms with E-state index in [1.807, 2.05) is 20.8 Å². The number of carboxylic acids is 1. The van der Waals surface area contributed by atoms with Crippen molar-refractivity contribution in [3.05, 3.63) is 41.0 Å². The van der Waals surface area contributed by atoms with Crippen molar-refractivity contribution < 1.29 is 14.7 Å². The summed E-state index contributed by atoms with van der Waals surface area (Å²) in [5.41, 5.74) is 2.13. The van der Waals surface area contributed by atoms with Gasteiger partial charge in [0.25, 0.3) is 5.91 Å². The molecule has 0 saturated carbocycles. The zero-order valence-corrected chi connectivity index (χ0v) is 11.7. The predicted octanol–water partition coefficient (Wildman–Crippen LogP) is 2.57. The van der Waals surface area contributed by atoms with Crippen LogP contribution < -0.4 is 0 Å². The largest absolute Gasteiger partial charge is 0.478 e. The van der Waals surface area contributed by atoms with Crippen molar-refractivity contribution >= 4 is 18.0 Å². The summed E-state index contributed by atoms with van der Waals surface area (Å²) >= 11 is 0. The van der Waals surface area contributed by atoms with Crippen LogP contribution in [0.15, 0.2) is 24.3 Å². The van der Waals surface area contributed by atoms with Crippen molar-refractivity contribution in [2.24, 2.45) is 0 Å². The second kappa shape index (κ2) is 6.18. The molecule has 1 rings (SSSR count). The van der Waals surface area contributed by atoms with Crippen molar-refractivity contribution in [1.29, 1.82) is 0 Å². The highest BCUT2D eigenvalue weighted by molar-refractivity contribution is 5.97. The fraction of sp³-hybridized carbons (Fsp3) is 0.333. The van der Waals surface area contributed by atoms with E-state index in [1.54, 1.807) is 30.1 Å². The van der Waals surface area contributed by atoms with Gasteiger partial charge in [-0.2, -0.15) is 0 Å². The summed E-state index contributed by atoms with van der Waals surface area (Å²) in [6, 6.07) is 5.43. The highest BCUT2D eigenvalue weighted by atomic mass is 16.4. The van der Waals surface area contributed by atoms with E-state index >= 15 is 0 Å². The van der Waals surface area contributed by atoms with Crippen molar-refractivity contribution in [3.8, 4) is 0 Å². The molecule has 0 heterocycles. The Kier molecular flexibility index (Phi) is 4.87. The molecule has 0 aliphatic heterocycles. The molecule has 0 aliphatic rings. The summed E-state index contributed by atoms with van der Waals surface area (Å²) in [5, 5.41) is 8.64. The molecular formula is C15H19NO3. The second-order valence-corrected chi connectivity index (χ2v) is 4.70. The first-order chi connectivity index (χ1) is 8.84. The van der Waals surface area contributed by atoms with Gasteiger partial charge in [0.2, 0.25) is 0 Å². The third-order valence-corrected chi connectivity index (χ3v) is 3.11. The van der Waals surface area contributed by atoms with Crippen LogP contribution in [0.2, 0.25) is 0 Å². The fourth-order valence-electron chi connectivity index (χ4n) is 1.65. The van der Waals surface area contributed by atoms with Crippen LogP contribution in [0.25, 0.3) is 6.08 Å². The minimum absolute atomic E-state index is 0.0573. The molecule has 0 spiro atoms. The van der Waals surface area contributed by atoms with Gasteiger partial charge in [0.05, 0.1) is 0 Å². The number of hydrogen-bond donors (Lipinski definition) is 1. The minimum Gasteiger partial charge on any atom is -0.478 e. The first-order valence-corrected chi connectivity index (χ1v) is 6.12. The molecule has 1 N–H and O–H groups in total. The summed E-state index contributed by atoms with van der Waals surface area (Å²) in [7, 11) is 1.76. The minimum atomic E-state index is -1.00. The molecule has 102 valence electrons. The first kappa shape index (κ1) is 15.0. The number of aliphatic carboxylic acids is 1. The molecule has 0 saturated heterocycles. The second-order valence-electron chi connectivity index (χ2n) is 4.70.